The molecule has 0 saturated carbocycles. The highest BCUT2D eigenvalue weighted by Crippen LogP contribution is 2.19. The van der Waals surface area contributed by atoms with Gasteiger partial charge in [0.2, 0.25) is 10.0 Å². The molecule has 0 heterocycles. The Kier molecular flexibility index (Phi) is 4.83. The first-order valence-corrected chi connectivity index (χ1v) is 6.73. The summed E-state index contributed by atoms with van der Waals surface area (Å²) in [6, 6.07) is 5.91. The second kappa shape index (κ2) is 5.94. The Bertz CT molecular complexity index is 528. The van der Waals surface area contributed by atoms with Gasteiger partial charge in [0.1, 0.15) is 0 Å². The van der Waals surface area contributed by atoms with E-state index in [9.17, 15) is 13.2 Å². The molecule has 2 N–H and O–H groups in total. The highest BCUT2D eigenvalue weighted by Gasteiger charge is 2.26. The molecule has 0 spiro atoms. The van der Waals surface area contributed by atoms with Crippen molar-refractivity contribution >= 4 is 16.0 Å². The number of benzene rings is 1. The highest BCUT2D eigenvalue weighted by atomic mass is 32.2. The van der Waals surface area contributed by atoms with Crippen LogP contribution >= 0.6 is 0 Å². The van der Waals surface area contributed by atoms with Gasteiger partial charge < -0.3 is 10.5 Å². The first-order valence-electron chi connectivity index (χ1n) is 5.29. The average molecular weight is 272 g/mol. The second-order valence-electron chi connectivity index (χ2n) is 3.60. The standard InChI is InChI=1S/C11H16N2O4S/c1-13(8-7-12)18(15,16)10-6-4-3-5-9(10)11(14)17-2/h3-6H,7-8,12H2,1-2H3. The molecule has 1 rings (SSSR count). The highest BCUT2D eigenvalue weighted by molar-refractivity contribution is 7.89. The third-order valence-corrected chi connectivity index (χ3v) is 4.34. The number of rotatable bonds is 5. The van der Waals surface area contributed by atoms with Crippen molar-refractivity contribution in [3.8, 4) is 0 Å². The minimum atomic E-state index is -3.73. The summed E-state index contributed by atoms with van der Waals surface area (Å²) in [5.41, 5.74) is 5.35. The summed E-state index contributed by atoms with van der Waals surface area (Å²) in [6.07, 6.45) is 0. The number of carbonyl (C=O) groups excluding carboxylic acids is 1. The van der Waals surface area contributed by atoms with Crippen LogP contribution in [0.4, 0.5) is 0 Å². The number of nitrogens with two attached hydrogens (primary N) is 1. The molecule has 1 aromatic rings. The van der Waals surface area contributed by atoms with Crippen LogP contribution < -0.4 is 5.73 Å². The van der Waals surface area contributed by atoms with E-state index in [1.54, 1.807) is 12.1 Å². The lowest BCUT2D eigenvalue weighted by atomic mass is 10.2. The lowest BCUT2D eigenvalue weighted by Crippen LogP contribution is -2.32. The van der Waals surface area contributed by atoms with Crippen molar-refractivity contribution < 1.29 is 17.9 Å². The summed E-state index contributed by atoms with van der Waals surface area (Å²) in [4.78, 5) is 11.5. The Balaban J connectivity index is 3.29. The molecule has 0 saturated heterocycles. The predicted octanol–water partition coefficient (Wildman–Crippen LogP) is 0.0524. The van der Waals surface area contributed by atoms with Crippen LogP contribution in [-0.2, 0) is 14.8 Å². The molecule has 18 heavy (non-hydrogen) atoms. The Morgan fingerprint density at radius 1 is 1.39 bits per heavy atom. The van der Waals surface area contributed by atoms with Crippen LogP contribution in [0, 0.1) is 0 Å². The molecule has 7 heteroatoms. The number of hydrogen-bond donors (Lipinski definition) is 1. The zero-order valence-corrected chi connectivity index (χ0v) is 11.1. The molecule has 0 fully saturated rings. The largest absolute Gasteiger partial charge is 0.465 e. The van der Waals surface area contributed by atoms with Crippen LogP contribution in [0.15, 0.2) is 29.2 Å². The third-order valence-electron chi connectivity index (χ3n) is 2.42. The number of carbonyl (C=O) groups is 1. The molecule has 0 bridgehead atoms. The molecule has 0 atom stereocenters. The number of esters is 1. The molecule has 0 unspecified atom stereocenters. The van der Waals surface area contributed by atoms with Gasteiger partial charge in [-0.3, -0.25) is 0 Å². The number of likely N-dealkylation sites (N-methyl/N-ethyl adjacent to an activating group) is 1. The van der Waals surface area contributed by atoms with Crippen molar-refractivity contribution in [2.75, 3.05) is 27.2 Å². The first-order chi connectivity index (χ1) is 8.45. The van der Waals surface area contributed by atoms with E-state index < -0.39 is 16.0 Å². The lowest BCUT2D eigenvalue weighted by molar-refractivity contribution is 0.0596. The van der Waals surface area contributed by atoms with Gasteiger partial charge in [0, 0.05) is 20.1 Å². The van der Waals surface area contributed by atoms with Gasteiger partial charge in [0.25, 0.3) is 0 Å². The van der Waals surface area contributed by atoms with Gasteiger partial charge >= 0.3 is 5.97 Å². The summed E-state index contributed by atoms with van der Waals surface area (Å²) < 4.78 is 30.1. The van der Waals surface area contributed by atoms with Crippen molar-refractivity contribution in [2.45, 2.75) is 4.90 Å². The maximum absolute atomic E-state index is 12.2. The van der Waals surface area contributed by atoms with Crippen molar-refractivity contribution in [1.29, 1.82) is 0 Å². The van der Waals surface area contributed by atoms with Crippen molar-refractivity contribution in [1.82, 2.24) is 4.31 Å². The van der Waals surface area contributed by atoms with Crippen LogP contribution in [0.2, 0.25) is 0 Å². The van der Waals surface area contributed by atoms with Crippen molar-refractivity contribution in [3.05, 3.63) is 29.8 Å². The smallest absolute Gasteiger partial charge is 0.339 e. The number of sulfonamides is 1. The van der Waals surface area contributed by atoms with Crippen LogP contribution in [0.3, 0.4) is 0 Å². The minimum absolute atomic E-state index is 0.0175. The molecule has 6 nitrogen and oxygen atoms in total. The molecule has 0 amide bonds. The van der Waals surface area contributed by atoms with E-state index in [1.807, 2.05) is 0 Å². The topological polar surface area (TPSA) is 89.7 Å². The van der Waals surface area contributed by atoms with E-state index in [-0.39, 0.29) is 23.5 Å². The zero-order chi connectivity index (χ0) is 13.8. The monoisotopic (exact) mass is 272 g/mol. The zero-order valence-electron chi connectivity index (χ0n) is 10.3. The van der Waals surface area contributed by atoms with Crippen molar-refractivity contribution in [2.24, 2.45) is 5.73 Å². The second-order valence-corrected chi connectivity index (χ2v) is 5.62. The fraction of sp³-hybridized carbons (Fsp3) is 0.364. The number of methoxy groups -OCH3 is 1. The summed E-state index contributed by atoms with van der Waals surface area (Å²) in [7, 11) is -1.12. The Hall–Kier alpha value is -1.44. The van der Waals surface area contributed by atoms with E-state index in [0.717, 1.165) is 4.31 Å². The van der Waals surface area contributed by atoms with Gasteiger partial charge in [0.05, 0.1) is 17.6 Å². The summed E-state index contributed by atoms with van der Waals surface area (Å²) in [5.74, 6) is -0.685. The molecule has 1 aromatic carbocycles. The minimum Gasteiger partial charge on any atom is -0.465 e. The average Bonchev–Trinajstić information content (AvgIpc) is 2.38. The van der Waals surface area contributed by atoms with Gasteiger partial charge in [-0.1, -0.05) is 12.1 Å². The maximum atomic E-state index is 12.2. The fourth-order valence-corrected chi connectivity index (χ4v) is 2.80. The summed E-state index contributed by atoms with van der Waals surface area (Å²) in [6.45, 7) is 0.383. The number of hydrogen-bond acceptors (Lipinski definition) is 5. The molecule has 0 aromatic heterocycles. The number of nitrogens with zero attached hydrogens (tertiary/aromatic N) is 1. The van der Waals surface area contributed by atoms with Crippen molar-refractivity contribution in [3.63, 3.8) is 0 Å². The van der Waals surface area contributed by atoms with Crippen LogP contribution in [0.5, 0.6) is 0 Å². The van der Waals surface area contributed by atoms with Gasteiger partial charge in [-0.05, 0) is 12.1 Å². The van der Waals surface area contributed by atoms with Gasteiger partial charge in [-0.2, -0.15) is 4.31 Å². The number of ether oxygens (including phenoxy) is 1. The van der Waals surface area contributed by atoms with Crippen LogP contribution in [0.1, 0.15) is 10.4 Å². The molecular formula is C11H16N2O4S. The summed E-state index contributed by atoms with van der Waals surface area (Å²) in [5, 5.41) is 0. The van der Waals surface area contributed by atoms with E-state index in [4.69, 9.17) is 5.73 Å². The summed E-state index contributed by atoms with van der Waals surface area (Å²) >= 11 is 0. The SMILES string of the molecule is COC(=O)c1ccccc1S(=O)(=O)N(C)CCN. The van der Waals surface area contributed by atoms with Crippen LogP contribution in [0.25, 0.3) is 0 Å². The van der Waals surface area contributed by atoms with Gasteiger partial charge in [-0.15, -0.1) is 0 Å². The van der Waals surface area contributed by atoms with E-state index in [0.29, 0.717) is 0 Å². The molecular weight excluding hydrogens is 256 g/mol. The van der Waals surface area contributed by atoms with E-state index in [2.05, 4.69) is 4.74 Å². The van der Waals surface area contributed by atoms with Crippen LogP contribution in [-0.4, -0.2) is 45.9 Å². The molecule has 100 valence electrons. The Morgan fingerprint density at radius 3 is 2.56 bits per heavy atom. The van der Waals surface area contributed by atoms with E-state index >= 15 is 0 Å². The normalized spacial score (nSPS) is 11.6. The fourth-order valence-electron chi connectivity index (χ4n) is 1.44. The molecule has 0 radical (unpaired) electrons. The lowest BCUT2D eigenvalue weighted by Gasteiger charge is -2.17. The van der Waals surface area contributed by atoms with Gasteiger partial charge in [0.15, 0.2) is 0 Å². The predicted molar refractivity (Wildman–Crippen MR) is 66.7 cm³/mol. The first kappa shape index (κ1) is 14.6. The Labute approximate surface area is 106 Å². The molecule has 0 aliphatic rings. The molecule has 0 aliphatic heterocycles. The maximum Gasteiger partial charge on any atom is 0.339 e. The molecule has 0 aliphatic carbocycles. The van der Waals surface area contributed by atoms with Gasteiger partial charge in [-0.25, -0.2) is 13.2 Å². The Morgan fingerprint density at radius 2 is 2.00 bits per heavy atom. The quantitative estimate of drug-likeness (QED) is 0.765. The third kappa shape index (κ3) is 2.87. The van der Waals surface area contributed by atoms with E-state index in [1.165, 1.54) is 26.3 Å².